The van der Waals surface area contributed by atoms with Crippen molar-refractivity contribution in [3.05, 3.63) is 41.5 Å². The lowest BCUT2D eigenvalue weighted by Gasteiger charge is -2.16. The second kappa shape index (κ2) is 12.1. The Morgan fingerprint density at radius 2 is 1.33 bits per heavy atom. The van der Waals surface area contributed by atoms with Gasteiger partial charge in [-0.1, -0.05) is 13.3 Å². The first kappa shape index (κ1) is 26.5. The summed E-state index contributed by atoms with van der Waals surface area (Å²) >= 11 is 0. The van der Waals surface area contributed by atoms with E-state index in [1.54, 1.807) is 13.8 Å². The second-order valence-electron chi connectivity index (χ2n) is 7.82. The molecule has 1 heterocycles. The van der Waals surface area contributed by atoms with Gasteiger partial charge in [-0.15, -0.1) is 10.2 Å². The number of benzene rings is 2. The highest BCUT2D eigenvalue weighted by molar-refractivity contribution is 6.03. The zero-order chi connectivity index (χ0) is 26.2. The Kier molecular flexibility index (Phi) is 8.88. The number of azo groups is 1. The molecule has 3 aromatic rings. The standard InChI is InChI=1S/C26H31N3O7/c1-5-9-12-29-25(32)18-11-10-16(13-19(18)26(29)33)23(30)27-28-24(31)17-14-20(34-6-2)22(36-8-4)21(15-17)35-7-3/h10-11,13-15,32-33H,5-9,12H2,1-4H3. The number of hydrogen-bond donors (Lipinski definition) is 2. The molecular weight excluding hydrogens is 466 g/mol. The molecule has 3 rings (SSSR count). The average Bonchev–Trinajstić information content (AvgIpc) is 3.11. The number of unbranched alkanes of at least 4 members (excludes halogenated alkanes) is 1. The Balaban J connectivity index is 1.88. The molecule has 2 amide bonds. The molecule has 0 unspecified atom stereocenters. The van der Waals surface area contributed by atoms with Gasteiger partial charge >= 0.3 is 0 Å². The highest BCUT2D eigenvalue weighted by Crippen LogP contribution is 2.40. The van der Waals surface area contributed by atoms with Gasteiger partial charge in [-0.25, -0.2) is 0 Å². The number of carbonyl (C=O) groups excluding carboxylic acids is 2. The molecule has 0 bridgehead atoms. The molecule has 10 nitrogen and oxygen atoms in total. The van der Waals surface area contributed by atoms with E-state index < -0.39 is 11.8 Å². The minimum atomic E-state index is -0.772. The lowest BCUT2D eigenvalue weighted by molar-refractivity contribution is 0.0946. The van der Waals surface area contributed by atoms with Crippen LogP contribution in [0.2, 0.25) is 0 Å². The van der Waals surface area contributed by atoms with E-state index in [0.717, 1.165) is 12.8 Å². The summed E-state index contributed by atoms with van der Waals surface area (Å²) in [7, 11) is 0. The summed E-state index contributed by atoms with van der Waals surface area (Å²) in [6.07, 6.45) is 1.66. The van der Waals surface area contributed by atoms with E-state index in [1.165, 1.54) is 34.9 Å². The van der Waals surface area contributed by atoms with Crippen LogP contribution in [0.4, 0.5) is 0 Å². The van der Waals surface area contributed by atoms with E-state index in [-0.39, 0.29) is 22.9 Å². The van der Waals surface area contributed by atoms with Crippen molar-refractivity contribution < 1.29 is 34.0 Å². The van der Waals surface area contributed by atoms with Gasteiger partial charge in [0.1, 0.15) is 0 Å². The molecule has 0 saturated heterocycles. The molecule has 0 aliphatic carbocycles. The van der Waals surface area contributed by atoms with Crippen LogP contribution in [0.15, 0.2) is 40.6 Å². The van der Waals surface area contributed by atoms with Crippen molar-refractivity contribution in [3.63, 3.8) is 0 Å². The summed E-state index contributed by atoms with van der Waals surface area (Å²) in [4.78, 5) is 25.4. The summed E-state index contributed by atoms with van der Waals surface area (Å²) in [6.45, 7) is 8.93. The number of rotatable bonds is 11. The van der Waals surface area contributed by atoms with Crippen molar-refractivity contribution in [1.82, 2.24) is 4.57 Å². The van der Waals surface area contributed by atoms with Crippen molar-refractivity contribution >= 4 is 22.6 Å². The first-order valence-electron chi connectivity index (χ1n) is 12.0. The molecule has 0 spiro atoms. The maximum absolute atomic E-state index is 12.7. The molecule has 0 atom stereocenters. The van der Waals surface area contributed by atoms with Gasteiger partial charge in [0, 0.05) is 22.9 Å². The number of nitrogens with zero attached hydrogens (tertiary/aromatic N) is 3. The van der Waals surface area contributed by atoms with Crippen molar-refractivity contribution in [2.45, 2.75) is 47.1 Å². The maximum Gasteiger partial charge on any atom is 0.295 e. The fourth-order valence-corrected chi connectivity index (χ4v) is 3.69. The summed E-state index contributed by atoms with van der Waals surface area (Å²) in [5.41, 5.74) is 0.228. The lowest BCUT2D eigenvalue weighted by Crippen LogP contribution is -2.05. The number of fused-ring (bicyclic) bond motifs is 1. The van der Waals surface area contributed by atoms with Crippen LogP contribution in [0, 0.1) is 0 Å². The molecule has 0 fully saturated rings. The predicted octanol–water partition coefficient (Wildman–Crippen LogP) is 5.48. The van der Waals surface area contributed by atoms with Crippen molar-refractivity contribution in [3.8, 4) is 29.0 Å². The number of carbonyl (C=O) groups is 2. The van der Waals surface area contributed by atoms with E-state index in [0.29, 0.717) is 54.4 Å². The van der Waals surface area contributed by atoms with Gasteiger partial charge in [0.15, 0.2) is 11.5 Å². The van der Waals surface area contributed by atoms with E-state index >= 15 is 0 Å². The largest absolute Gasteiger partial charge is 0.494 e. The highest BCUT2D eigenvalue weighted by Gasteiger charge is 2.20. The number of amides is 2. The summed E-state index contributed by atoms with van der Waals surface area (Å²) in [5, 5.41) is 28.8. The van der Waals surface area contributed by atoms with E-state index in [9.17, 15) is 19.8 Å². The van der Waals surface area contributed by atoms with Crippen LogP contribution in [-0.2, 0) is 6.54 Å². The molecule has 0 aliphatic heterocycles. The van der Waals surface area contributed by atoms with Crippen molar-refractivity contribution in [2.75, 3.05) is 19.8 Å². The second-order valence-corrected chi connectivity index (χ2v) is 7.82. The Bertz CT molecular complexity index is 1250. The fourth-order valence-electron chi connectivity index (χ4n) is 3.69. The smallest absolute Gasteiger partial charge is 0.295 e. The third kappa shape index (κ3) is 5.59. The quantitative estimate of drug-likeness (QED) is 0.335. The van der Waals surface area contributed by atoms with Crippen molar-refractivity contribution in [1.29, 1.82) is 0 Å². The van der Waals surface area contributed by atoms with Gasteiger partial charge < -0.3 is 24.4 Å². The average molecular weight is 498 g/mol. The highest BCUT2D eigenvalue weighted by atomic mass is 16.5. The molecule has 2 aromatic carbocycles. The van der Waals surface area contributed by atoms with Crippen LogP contribution in [0.3, 0.4) is 0 Å². The summed E-state index contributed by atoms with van der Waals surface area (Å²) in [5.74, 6) is -0.718. The van der Waals surface area contributed by atoms with Gasteiger partial charge in [0.05, 0.1) is 25.4 Å². The minimum absolute atomic E-state index is 0.0718. The zero-order valence-corrected chi connectivity index (χ0v) is 20.9. The molecule has 192 valence electrons. The molecule has 0 aliphatic rings. The molecular formula is C26H31N3O7. The summed E-state index contributed by atoms with van der Waals surface area (Å²) < 4.78 is 18.2. The Morgan fingerprint density at radius 3 is 1.89 bits per heavy atom. The van der Waals surface area contributed by atoms with Crippen LogP contribution in [0.1, 0.15) is 61.3 Å². The van der Waals surface area contributed by atoms with E-state index in [4.69, 9.17) is 14.2 Å². The maximum atomic E-state index is 12.7. The van der Waals surface area contributed by atoms with Crippen LogP contribution in [-0.4, -0.2) is 46.4 Å². The zero-order valence-electron chi connectivity index (χ0n) is 20.9. The third-order valence-corrected chi connectivity index (χ3v) is 5.38. The summed E-state index contributed by atoms with van der Waals surface area (Å²) in [6, 6.07) is 7.32. The Labute approximate surface area is 209 Å². The topological polar surface area (TPSA) is 132 Å². The van der Waals surface area contributed by atoms with Gasteiger partial charge in [0.25, 0.3) is 11.8 Å². The third-order valence-electron chi connectivity index (χ3n) is 5.38. The molecule has 0 saturated carbocycles. The van der Waals surface area contributed by atoms with Gasteiger partial charge in [-0.05, 0) is 57.5 Å². The minimum Gasteiger partial charge on any atom is -0.494 e. The van der Waals surface area contributed by atoms with Gasteiger partial charge in [-0.3, -0.25) is 14.2 Å². The van der Waals surface area contributed by atoms with Crippen LogP contribution < -0.4 is 14.2 Å². The number of ether oxygens (including phenoxy) is 3. The van der Waals surface area contributed by atoms with Crippen LogP contribution >= 0.6 is 0 Å². The number of aromatic nitrogens is 1. The van der Waals surface area contributed by atoms with Crippen LogP contribution in [0.25, 0.3) is 10.8 Å². The van der Waals surface area contributed by atoms with Gasteiger partial charge in [-0.2, -0.15) is 0 Å². The first-order valence-corrected chi connectivity index (χ1v) is 12.0. The molecule has 1 aromatic heterocycles. The van der Waals surface area contributed by atoms with Gasteiger partial charge in [0.2, 0.25) is 17.5 Å². The van der Waals surface area contributed by atoms with E-state index in [1.807, 2.05) is 13.8 Å². The SMILES string of the molecule is CCCCn1c(O)c2ccc(C(=O)N=NC(=O)c3cc(OCC)c(OCC)c(OCC)c3)cc2c1O. The fraction of sp³-hybridized carbons (Fsp3) is 0.385. The normalized spacial score (nSPS) is 11.2. The molecule has 36 heavy (non-hydrogen) atoms. The first-order chi connectivity index (χ1) is 17.4. The molecule has 10 heteroatoms. The van der Waals surface area contributed by atoms with Crippen LogP contribution in [0.5, 0.6) is 29.0 Å². The van der Waals surface area contributed by atoms with Crippen molar-refractivity contribution in [2.24, 2.45) is 10.2 Å². The number of hydrogen-bond acceptors (Lipinski definition) is 7. The molecule has 2 N–H and O–H groups in total. The molecule has 0 radical (unpaired) electrons. The van der Waals surface area contributed by atoms with E-state index in [2.05, 4.69) is 10.2 Å². The monoisotopic (exact) mass is 497 g/mol. The Hall–Kier alpha value is -4.08. The lowest BCUT2D eigenvalue weighted by atomic mass is 10.1. The Morgan fingerprint density at radius 1 is 0.778 bits per heavy atom. The predicted molar refractivity (Wildman–Crippen MR) is 134 cm³/mol. The number of aromatic hydroxyl groups is 2.